The zero-order chi connectivity index (χ0) is 22.6. The summed E-state index contributed by atoms with van der Waals surface area (Å²) in [4.78, 5) is 20.5. The van der Waals surface area contributed by atoms with Gasteiger partial charge < -0.3 is 24.8 Å². The molecule has 2 N–H and O–H groups in total. The van der Waals surface area contributed by atoms with E-state index in [1.807, 2.05) is 20.8 Å². The summed E-state index contributed by atoms with van der Waals surface area (Å²) in [5.74, 6) is 1.93. The zero-order valence-corrected chi connectivity index (χ0v) is 18.8. The van der Waals surface area contributed by atoms with Gasteiger partial charge in [-0.1, -0.05) is 20.8 Å². The van der Waals surface area contributed by atoms with Crippen LogP contribution in [-0.4, -0.2) is 35.2 Å². The van der Waals surface area contributed by atoms with Crippen molar-refractivity contribution >= 4 is 39.8 Å². The number of ether oxygens (including phenoxy) is 3. The highest BCUT2D eigenvalue weighted by Crippen LogP contribution is 2.35. The smallest absolute Gasteiger partial charge is 0.231 e. The maximum absolute atomic E-state index is 12.0. The molecule has 1 heterocycles. The first-order valence-corrected chi connectivity index (χ1v) is 9.89. The van der Waals surface area contributed by atoms with E-state index in [-0.39, 0.29) is 11.0 Å². The van der Waals surface area contributed by atoms with Gasteiger partial charge in [-0.2, -0.15) is 0 Å². The summed E-state index contributed by atoms with van der Waals surface area (Å²) in [7, 11) is 3.13. The van der Waals surface area contributed by atoms with Crippen molar-refractivity contribution in [2.24, 2.45) is 5.41 Å². The number of fused-ring (bicyclic) bond motifs is 1. The van der Waals surface area contributed by atoms with E-state index in [0.717, 1.165) is 0 Å². The molecule has 0 radical (unpaired) electrons. The predicted octanol–water partition coefficient (Wildman–Crippen LogP) is 4.30. The molecule has 0 unspecified atom stereocenters. The number of anilines is 1. The normalized spacial score (nSPS) is 11.0. The largest absolute Gasteiger partial charge is 0.493 e. The van der Waals surface area contributed by atoms with Crippen LogP contribution in [0.15, 0.2) is 42.7 Å². The van der Waals surface area contributed by atoms with Gasteiger partial charge in [-0.25, -0.2) is 9.97 Å². The third-order valence-corrected chi connectivity index (χ3v) is 4.54. The van der Waals surface area contributed by atoms with Gasteiger partial charge in [0, 0.05) is 17.2 Å². The Morgan fingerprint density at radius 1 is 1.00 bits per heavy atom. The van der Waals surface area contributed by atoms with Crippen molar-refractivity contribution in [3.8, 4) is 23.1 Å². The Labute approximate surface area is 185 Å². The van der Waals surface area contributed by atoms with Crippen LogP contribution < -0.4 is 24.8 Å². The molecule has 0 aliphatic heterocycles. The number of aromatic nitrogens is 2. The van der Waals surface area contributed by atoms with Gasteiger partial charge in [-0.15, -0.1) is 0 Å². The molecule has 3 rings (SSSR count). The van der Waals surface area contributed by atoms with E-state index in [4.69, 9.17) is 26.4 Å². The molecule has 8 nitrogen and oxygen atoms in total. The lowest BCUT2D eigenvalue weighted by Gasteiger charge is -2.18. The van der Waals surface area contributed by atoms with Crippen LogP contribution in [0.25, 0.3) is 10.9 Å². The molecule has 0 spiro atoms. The summed E-state index contributed by atoms with van der Waals surface area (Å²) >= 11 is 5.20. The number of methoxy groups -OCH3 is 2. The second kappa shape index (κ2) is 9.13. The standard InChI is InChI=1S/C22H24N4O4S/c1-22(2,3)20(27)26-21(31)25-13-6-8-14(9-7-13)30-19-15-10-17(28-4)18(29-5)11-16(15)23-12-24-19/h6-12H,1-5H3,(H2,25,26,27,31). The molecule has 0 atom stereocenters. The lowest BCUT2D eigenvalue weighted by Crippen LogP contribution is -2.41. The Bertz CT molecular complexity index is 1110. The minimum absolute atomic E-state index is 0.160. The number of thiocarbonyl (C=S) groups is 1. The van der Waals surface area contributed by atoms with Gasteiger partial charge in [0.05, 0.1) is 25.1 Å². The van der Waals surface area contributed by atoms with E-state index in [2.05, 4.69) is 20.6 Å². The van der Waals surface area contributed by atoms with Crippen molar-refractivity contribution in [3.05, 3.63) is 42.7 Å². The molecular formula is C22H24N4O4S. The maximum Gasteiger partial charge on any atom is 0.231 e. The summed E-state index contributed by atoms with van der Waals surface area (Å²) < 4.78 is 16.6. The van der Waals surface area contributed by atoms with E-state index in [9.17, 15) is 4.79 Å². The van der Waals surface area contributed by atoms with Gasteiger partial charge in [-0.3, -0.25) is 4.79 Å². The fourth-order valence-electron chi connectivity index (χ4n) is 2.61. The summed E-state index contributed by atoms with van der Waals surface area (Å²) in [6.45, 7) is 5.46. The Morgan fingerprint density at radius 3 is 2.26 bits per heavy atom. The van der Waals surface area contributed by atoms with Crippen LogP contribution in [-0.2, 0) is 4.79 Å². The fraction of sp³-hybridized carbons (Fsp3) is 0.273. The van der Waals surface area contributed by atoms with Gasteiger partial charge in [0.25, 0.3) is 0 Å². The van der Waals surface area contributed by atoms with Crippen LogP contribution in [0.5, 0.6) is 23.1 Å². The summed E-state index contributed by atoms with van der Waals surface area (Å²) in [5.41, 5.74) is 0.850. The topological polar surface area (TPSA) is 94.6 Å². The number of amides is 1. The molecule has 1 amide bonds. The van der Waals surface area contributed by atoms with E-state index >= 15 is 0 Å². The Kier molecular flexibility index (Phi) is 6.55. The number of hydrogen-bond acceptors (Lipinski definition) is 7. The van der Waals surface area contributed by atoms with Crippen molar-refractivity contribution in [1.29, 1.82) is 0 Å². The number of carbonyl (C=O) groups excluding carboxylic acids is 1. The molecule has 2 aromatic carbocycles. The first kappa shape index (κ1) is 22.2. The maximum atomic E-state index is 12.0. The van der Waals surface area contributed by atoms with E-state index in [1.54, 1.807) is 50.6 Å². The average molecular weight is 441 g/mol. The molecule has 0 aliphatic rings. The van der Waals surface area contributed by atoms with Crippen molar-refractivity contribution in [1.82, 2.24) is 15.3 Å². The lowest BCUT2D eigenvalue weighted by atomic mass is 9.96. The number of benzene rings is 2. The van der Waals surface area contributed by atoms with E-state index in [1.165, 1.54) is 6.33 Å². The molecular weight excluding hydrogens is 416 g/mol. The summed E-state index contributed by atoms with van der Waals surface area (Å²) in [6, 6.07) is 10.7. The van der Waals surface area contributed by atoms with E-state index < -0.39 is 5.41 Å². The molecule has 1 aromatic heterocycles. The van der Waals surface area contributed by atoms with Crippen LogP contribution in [0, 0.1) is 5.41 Å². The first-order valence-electron chi connectivity index (χ1n) is 9.48. The Balaban J connectivity index is 1.75. The molecule has 3 aromatic rings. The third-order valence-electron chi connectivity index (χ3n) is 4.34. The first-order chi connectivity index (χ1) is 14.7. The van der Waals surface area contributed by atoms with Crippen LogP contribution in [0.2, 0.25) is 0 Å². The second-order valence-corrected chi connectivity index (χ2v) is 8.10. The van der Waals surface area contributed by atoms with E-state index in [0.29, 0.717) is 39.7 Å². The molecule has 0 saturated carbocycles. The van der Waals surface area contributed by atoms with Crippen LogP contribution in [0.1, 0.15) is 20.8 Å². The SMILES string of the molecule is COc1cc2ncnc(Oc3ccc(NC(=S)NC(=O)C(C)(C)C)cc3)c2cc1OC. The van der Waals surface area contributed by atoms with Crippen molar-refractivity contribution < 1.29 is 19.0 Å². The van der Waals surface area contributed by atoms with Crippen LogP contribution in [0.4, 0.5) is 5.69 Å². The van der Waals surface area contributed by atoms with Crippen molar-refractivity contribution in [3.63, 3.8) is 0 Å². The molecule has 9 heteroatoms. The molecule has 0 fully saturated rings. The predicted molar refractivity (Wildman–Crippen MR) is 123 cm³/mol. The van der Waals surface area contributed by atoms with Gasteiger partial charge in [0.2, 0.25) is 11.8 Å². The van der Waals surface area contributed by atoms with Crippen molar-refractivity contribution in [2.75, 3.05) is 19.5 Å². The molecule has 0 saturated heterocycles. The van der Waals surface area contributed by atoms with Gasteiger partial charge in [0.1, 0.15) is 12.1 Å². The molecule has 0 bridgehead atoms. The minimum atomic E-state index is -0.531. The zero-order valence-electron chi connectivity index (χ0n) is 18.0. The molecule has 162 valence electrons. The average Bonchev–Trinajstić information content (AvgIpc) is 2.73. The van der Waals surface area contributed by atoms with Gasteiger partial charge in [-0.05, 0) is 42.5 Å². The summed E-state index contributed by atoms with van der Waals surface area (Å²) in [5, 5.41) is 6.58. The van der Waals surface area contributed by atoms with Crippen LogP contribution in [0.3, 0.4) is 0 Å². The second-order valence-electron chi connectivity index (χ2n) is 7.69. The molecule has 31 heavy (non-hydrogen) atoms. The quantitative estimate of drug-likeness (QED) is 0.567. The number of nitrogens with one attached hydrogen (secondary N) is 2. The highest BCUT2D eigenvalue weighted by atomic mass is 32.1. The number of hydrogen-bond donors (Lipinski definition) is 2. The van der Waals surface area contributed by atoms with Crippen molar-refractivity contribution in [2.45, 2.75) is 20.8 Å². The highest BCUT2D eigenvalue weighted by molar-refractivity contribution is 7.80. The Morgan fingerprint density at radius 2 is 1.65 bits per heavy atom. The Hall–Kier alpha value is -3.46. The minimum Gasteiger partial charge on any atom is -0.493 e. The van der Waals surface area contributed by atoms with Gasteiger partial charge >= 0.3 is 0 Å². The van der Waals surface area contributed by atoms with Crippen LogP contribution >= 0.6 is 12.2 Å². The van der Waals surface area contributed by atoms with Gasteiger partial charge in [0.15, 0.2) is 16.6 Å². The molecule has 0 aliphatic carbocycles. The monoisotopic (exact) mass is 440 g/mol. The summed E-state index contributed by atoms with van der Waals surface area (Å²) in [6.07, 6.45) is 1.43. The number of nitrogens with zero attached hydrogens (tertiary/aromatic N) is 2. The lowest BCUT2D eigenvalue weighted by molar-refractivity contribution is -0.126. The number of rotatable bonds is 5. The third kappa shape index (κ3) is 5.37. The fourth-order valence-corrected chi connectivity index (χ4v) is 2.82. The number of carbonyl (C=O) groups is 1. The highest BCUT2D eigenvalue weighted by Gasteiger charge is 2.22.